The number of alkyl halides is 1. The number of hydrogen-bond donors (Lipinski definition) is 0. The number of hydrogen-bond acceptors (Lipinski definition) is 0. The molecule has 1 radical (unpaired) electrons. The molecule has 0 amide bonds. The monoisotopic (exact) mass is 247 g/mol. The Balaban J connectivity index is 0.000000810. The third kappa shape index (κ3) is 2.94. The van der Waals surface area contributed by atoms with E-state index in [1.54, 1.807) is 0 Å². The molecule has 0 N–H and O–H groups in total. The third-order valence-electron chi connectivity index (χ3n) is 1.16. The second-order valence-electron chi connectivity index (χ2n) is 1.88. The summed E-state index contributed by atoms with van der Waals surface area (Å²) in [5.74, 6) is 0. The van der Waals surface area contributed by atoms with Crippen molar-refractivity contribution in [1.29, 1.82) is 0 Å². The topological polar surface area (TPSA) is 0 Å². The summed E-state index contributed by atoms with van der Waals surface area (Å²) in [6, 6.07) is 10.1. The molecule has 0 aromatic heterocycles. The van der Waals surface area contributed by atoms with Crippen LogP contribution in [0.3, 0.4) is 0 Å². The minimum atomic E-state index is 0. The minimum Gasteiger partial charge on any atom is -0.0839 e. The first-order chi connectivity index (χ1) is 4.30. The molecule has 1 aromatic carbocycles. The van der Waals surface area contributed by atoms with E-state index in [2.05, 4.69) is 22.9 Å². The fraction of sp³-hybridized carbons (Fsp3) is 0.125. The smallest absolute Gasteiger partial charge is 0.0395 e. The maximum Gasteiger partial charge on any atom is 0.0395 e. The molecule has 1 aromatic rings. The Morgan fingerprint density at radius 2 is 1.70 bits per heavy atom. The standard InChI is InChI=1S/C8H8Br.Zn/c1-7(9)8-5-3-2-4-6-8;/h2-7H,1H2;. The Kier molecular flexibility index (Phi) is 5.20. The molecule has 0 heterocycles. The van der Waals surface area contributed by atoms with Crippen molar-refractivity contribution in [3.8, 4) is 0 Å². The zero-order chi connectivity index (χ0) is 6.69. The Morgan fingerprint density at radius 3 is 2.00 bits per heavy atom. The van der Waals surface area contributed by atoms with Gasteiger partial charge in [0, 0.05) is 24.3 Å². The largest absolute Gasteiger partial charge is 0.0839 e. The molecule has 0 bridgehead atoms. The van der Waals surface area contributed by atoms with Crippen molar-refractivity contribution in [2.45, 2.75) is 4.83 Å². The summed E-state index contributed by atoms with van der Waals surface area (Å²) in [6.45, 7) is 3.83. The maximum atomic E-state index is 3.83. The Bertz CT molecular complexity index is 172. The molecule has 1 rings (SSSR count). The van der Waals surface area contributed by atoms with Crippen LogP contribution in [0.2, 0.25) is 0 Å². The first kappa shape index (κ1) is 10.3. The molecule has 2 heteroatoms. The van der Waals surface area contributed by atoms with Crippen molar-refractivity contribution in [3.63, 3.8) is 0 Å². The van der Waals surface area contributed by atoms with E-state index in [1.807, 2.05) is 30.3 Å². The molecule has 0 saturated carbocycles. The molecule has 0 spiro atoms. The SMILES string of the molecule is [CH2]C(Br)c1ccccc1.[Zn]. The van der Waals surface area contributed by atoms with Gasteiger partial charge in [-0.25, -0.2) is 0 Å². The van der Waals surface area contributed by atoms with Crippen molar-refractivity contribution in [3.05, 3.63) is 42.8 Å². The third-order valence-corrected chi connectivity index (χ3v) is 1.69. The zero-order valence-corrected chi connectivity index (χ0v) is 10.3. The summed E-state index contributed by atoms with van der Waals surface area (Å²) in [6.07, 6.45) is 0. The predicted molar refractivity (Wildman–Crippen MR) is 43.5 cm³/mol. The minimum absolute atomic E-state index is 0. The molecule has 10 heavy (non-hydrogen) atoms. The molecule has 0 nitrogen and oxygen atoms in total. The van der Waals surface area contributed by atoms with E-state index in [1.165, 1.54) is 5.56 Å². The van der Waals surface area contributed by atoms with Crippen molar-refractivity contribution in [2.24, 2.45) is 0 Å². The Hall–Kier alpha value is 0.323. The van der Waals surface area contributed by atoms with Gasteiger partial charge in [-0.3, -0.25) is 0 Å². The van der Waals surface area contributed by atoms with E-state index >= 15 is 0 Å². The predicted octanol–water partition coefficient (Wildman–Crippen LogP) is 2.95. The van der Waals surface area contributed by atoms with Gasteiger partial charge in [-0.2, -0.15) is 0 Å². The number of halogens is 1. The van der Waals surface area contributed by atoms with Gasteiger partial charge in [0.25, 0.3) is 0 Å². The molecule has 1 atom stereocenters. The van der Waals surface area contributed by atoms with E-state index < -0.39 is 0 Å². The first-order valence-electron chi connectivity index (χ1n) is 2.83. The summed E-state index contributed by atoms with van der Waals surface area (Å²) < 4.78 is 0. The molecule has 0 aliphatic heterocycles. The van der Waals surface area contributed by atoms with Crippen LogP contribution < -0.4 is 0 Å². The van der Waals surface area contributed by atoms with E-state index in [0.717, 1.165) is 0 Å². The van der Waals surface area contributed by atoms with E-state index in [0.29, 0.717) is 0 Å². The molecular formula is C8H8BrZn. The Morgan fingerprint density at radius 1 is 1.20 bits per heavy atom. The average molecular weight is 249 g/mol. The first-order valence-corrected chi connectivity index (χ1v) is 3.74. The van der Waals surface area contributed by atoms with Crippen LogP contribution in [0.15, 0.2) is 30.3 Å². The maximum absolute atomic E-state index is 3.83. The van der Waals surface area contributed by atoms with Gasteiger partial charge in [-0.1, -0.05) is 46.3 Å². The summed E-state index contributed by atoms with van der Waals surface area (Å²) in [7, 11) is 0. The van der Waals surface area contributed by atoms with Gasteiger partial charge in [0.1, 0.15) is 0 Å². The fourth-order valence-corrected chi connectivity index (χ4v) is 0.967. The van der Waals surface area contributed by atoms with Crippen LogP contribution >= 0.6 is 15.9 Å². The van der Waals surface area contributed by atoms with Gasteiger partial charge in [-0.05, 0) is 12.5 Å². The molecule has 0 saturated heterocycles. The Labute approximate surface area is 82.9 Å². The van der Waals surface area contributed by atoms with Crippen molar-refractivity contribution in [2.75, 3.05) is 0 Å². The zero-order valence-electron chi connectivity index (χ0n) is 5.76. The van der Waals surface area contributed by atoms with Crippen LogP contribution in [0.4, 0.5) is 0 Å². The van der Waals surface area contributed by atoms with Gasteiger partial charge in [-0.15, -0.1) is 0 Å². The molecule has 49 valence electrons. The molecule has 1 unspecified atom stereocenters. The van der Waals surface area contributed by atoms with Gasteiger partial charge >= 0.3 is 0 Å². The molecular weight excluding hydrogens is 241 g/mol. The van der Waals surface area contributed by atoms with Crippen LogP contribution in [0.25, 0.3) is 0 Å². The summed E-state index contributed by atoms with van der Waals surface area (Å²) in [5.41, 5.74) is 1.22. The average Bonchev–Trinajstić information content (AvgIpc) is 1.90. The van der Waals surface area contributed by atoms with Crippen LogP contribution in [-0.4, -0.2) is 0 Å². The summed E-state index contributed by atoms with van der Waals surface area (Å²) in [4.78, 5) is 0.221. The normalized spacial score (nSPS) is 11.8. The number of benzene rings is 1. The van der Waals surface area contributed by atoms with Gasteiger partial charge < -0.3 is 0 Å². The van der Waals surface area contributed by atoms with Crippen molar-refractivity contribution < 1.29 is 19.5 Å². The molecule has 0 aliphatic rings. The van der Waals surface area contributed by atoms with Crippen molar-refractivity contribution in [1.82, 2.24) is 0 Å². The summed E-state index contributed by atoms with van der Waals surface area (Å²) >= 11 is 3.37. The second kappa shape index (κ2) is 5.04. The van der Waals surface area contributed by atoms with Crippen LogP contribution in [0.5, 0.6) is 0 Å². The van der Waals surface area contributed by atoms with Gasteiger partial charge in [0.15, 0.2) is 0 Å². The summed E-state index contributed by atoms with van der Waals surface area (Å²) in [5, 5.41) is 0. The number of rotatable bonds is 1. The van der Waals surface area contributed by atoms with Gasteiger partial charge in [0.2, 0.25) is 0 Å². The second-order valence-corrected chi connectivity index (χ2v) is 2.98. The van der Waals surface area contributed by atoms with Gasteiger partial charge in [0.05, 0.1) is 0 Å². The molecule has 0 fully saturated rings. The van der Waals surface area contributed by atoms with E-state index in [9.17, 15) is 0 Å². The van der Waals surface area contributed by atoms with Crippen LogP contribution in [0, 0.1) is 6.92 Å². The van der Waals surface area contributed by atoms with Crippen molar-refractivity contribution >= 4 is 15.9 Å². The fourth-order valence-electron chi connectivity index (χ4n) is 0.662. The van der Waals surface area contributed by atoms with E-state index in [4.69, 9.17) is 0 Å². The van der Waals surface area contributed by atoms with Crippen LogP contribution in [-0.2, 0) is 19.5 Å². The van der Waals surface area contributed by atoms with Crippen LogP contribution in [0.1, 0.15) is 10.4 Å². The van der Waals surface area contributed by atoms with E-state index in [-0.39, 0.29) is 24.3 Å². The molecule has 0 aliphatic carbocycles. The quantitative estimate of drug-likeness (QED) is 0.530.